The second-order valence-corrected chi connectivity index (χ2v) is 5.18. The highest BCUT2D eigenvalue weighted by molar-refractivity contribution is 5.94. The Balaban J connectivity index is 1.93. The van der Waals surface area contributed by atoms with Crippen molar-refractivity contribution in [3.05, 3.63) is 35.4 Å². The molecule has 0 spiro atoms. The highest BCUT2D eigenvalue weighted by Crippen LogP contribution is 2.14. The number of benzene rings is 1. The molecule has 5 heteroatoms. The smallest absolute Gasteiger partial charge is 0.303 e. The van der Waals surface area contributed by atoms with Gasteiger partial charge >= 0.3 is 5.97 Å². The predicted molar refractivity (Wildman–Crippen MR) is 81.1 cm³/mol. The van der Waals surface area contributed by atoms with Gasteiger partial charge in [0.1, 0.15) is 0 Å². The summed E-state index contributed by atoms with van der Waals surface area (Å²) < 4.78 is 4.72. The molecule has 0 bridgehead atoms. The van der Waals surface area contributed by atoms with Crippen molar-refractivity contribution < 1.29 is 19.4 Å². The third-order valence-corrected chi connectivity index (χ3v) is 3.46. The SMILES string of the molecule is CC(=O)OCC#Cc1ccc(C(=O)N2CCC(O)CC2)cc1. The van der Waals surface area contributed by atoms with E-state index in [1.807, 2.05) is 0 Å². The van der Waals surface area contributed by atoms with Crippen LogP contribution in [0.5, 0.6) is 0 Å². The summed E-state index contributed by atoms with van der Waals surface area (Å²) in [5.41, 5.74) is 1.37. The molecule has 1 heterocycles. The molecule has 22 heavy (non-hydrogen) atoms. The standard InChI is InChI=1S/C17H19NO4/c1-13(19)22-12-2-3-14-4-6-15(7-5-14)17(21)18-10-8-16(20)9-11-18/h4-7,16,20H,8-12H2,1H3. The predicted octanol–water partition coefficient (Wildman–Crippen LogP) is 1.20. The minimum absolute atomic E-state index is 0.0219. The molecule has 0 radical (unpaired) electrons. The van der Waals surface area contributed by atoms with E-state index in [0.29, 0.717) is 31.5 Å². The van der Waals surface area contributed by atoms with Gasteiger partial charge in [0.15, 0.2) is 6.61 Å². The summed E-state index contributed by atoms with van der Waals surface area (Å²) in [6.07, 6.45) is 0.968. The Morgan fingerprint density at radius 3 is 2.50 bits per heavy atom. The number of nitrogens with zero attached hydrogens (tertiary/aromatic N) is 1. The minimum atomic E-state index is -0.359. The Bertz CT molecular complexity index is 589. The van der Waals surface area contributed by atoms with E-state index in [2.05, 4.69) is 11.8 Å². The summed E-state index contributed by atoms with van der Waals surface area (Å²) in [7, 11) is 0. The highest BCUT2D eigenvalue weighted by Gasteiger charge is 2.21. The van der Waals surface area contributed by atoms with Gasteiger partial charge < -0.3 is 14.7 Å². The van der Waals surface area contributed by atoms with Gasteiger partial charge in [0, 0.05) is 31.1 Å². The maximum Gasteiger partial charge on any atom is 0.303 e. The summed E-state index contributed by atoms with van der Waals surface area (Å²) in [4.78, 5) is 24.7. The largest absolute Gasteiger partial charge is 0.453 e. The monoisotopic (exact) mass is 301 g/mol. The van der Waals surface area contributed by atoms with Crippen LogP contribution in [0.1, 0.15) is 35.7 Å². The van der Waals surface area contributed by atoms with E-state index in [4.69, 9.17) is 4.74 Å². The van der Waals surface area contributed by atoms with Crippen LogP contribution >= 0.6 is 0 Å². The van der Waals surface area contributed by atoms with Crippen LogP contribution in [0.4, 0.5) is 0 Å². The summed E-state index contributed by atoms with van der Waals surface area (Å²) >= 11 is 0. The van der Waals surface area contributed by atoms with Crippen LogP contribution < -0.4 is 0 Å². The second-order valence-electron chi connectivity index (χ2n) is 5.18. The van der Waals surface area contributed by atoms with Crippen LogP contribution in [0.2, 0.25) is 0 Å². The lowest BCUT2D eigenvalue weighted by atomic mass is 10.1. The number of piperidine rings is 1. The lowest BCUT2D eigenvalue weighted by molar-refractivity contribution is -0.139. The van der Waals surface area contributed by atoms with Crippen molar-refractivity contribution in [1.29, 1.82) is 0 Å². The minimum Gasteiger partial charge on any atom is -0.453 e. The van der Waals surface area contributed by atoms with Crippen molar-refractivity contribution >= 4 is 11.9 Å². The molecular weight excluding hydrogens is 282 g/mol. The number of carbonyl (C=O) groups excluding carboxylic acids is 2. The third-order valence-electron chi connectivity index (χ3n) is 3.46. The van der Waals surface area contributed by atoms with E-state index < -0.39 is 0 Å². The first-order valence-corrected chi connectivity index (χ1v) is 7.26. The van der Waals surface area contributed by atoms with Crippen LogP contribution in [0, 0.1) is 11.8 Å². The lowest BCUT2D eigenvalue weighted by Gasteiger charge is -2.29. The van der Waals surface area contributed by atoms with Gasteiger partial charge in [0.25, 0.3) is 5.91 Å². The summed E-state index contributed by atoms with van der Waals surface area (Å²) in [6.45, 7) is 2.57. The Hall–Kier alpha value is -2.32. The molecule has 0 saturated carbocycles. The molecule has 0 unspecified atom stereocenters. The molecular formula is C17H19NO4. The van der Waals surface area contributed by atoms with E-state index in [1.165, 1.54) is 6.92 Å². The first-order valence-electron chi connectivity index (χ1n) is 7.26. The number of rotatable bonds is 2. The van der Waals surface area contributed by atoms with Gasteiger partial charge in [-0.1, -0.05) is 11.8 Å². The van der Waals surface area contributed by atoms with E-state index in [1.54, 1.807) is 29.2 Å². The molecule has 0 aliphatic carbocycles. The van der Waals surface area contributed by atoms with Crippen LogP contribution in [0.25, 0.3) is 0 Å². The zero-order chi connectivity index (χ0) is 15.9. The van der Waals surface area contributed by atoms with Crippen LogP contribution in [0.15, 0.2) is 24.3 Å². The van der Waals surface area contributed by atoms with Crippen LogP contribution in [-0.4, -0.2) is 47.7 Å². The summed E-state index contributed by atoms with van der Waals surface area (Å²) in [5, 5.41) is 9.47. The van der Waals surface area contributed by atoms with Crippen molar-refractivity contribution in [2.24, 2.45) is 0 Å². The molecule has 1 fully saturated rings. The molecule has 1 aliphatic heterocycles. The van der Waals surface area contributed by atoms with Gasteiger partial charge in [-0.15, -0.1) is 0 Å². The lowest BCUT2D eigenvalue weighted by Crippen LogP contribution is -2.40. The number of ether oxygens (including phenoxy) is 1. The molecule has 1 N–H and O–H groups in total. The van der Waals surface area contributed by atoms with Gasteiger partial charge in [-0.25, -0.2) is 0 Å². The quantitative estimate of drug-likeness (QED) is 0.658. The summed E-state index contributed by atoms with van der Waals surface area (Å²) in [5.74, 6) is 5.22. The zero-order valence-electron chi connectivity index (χ0n) is 12.5. The number of esters is 1. The maximum atomic E-state index is 12.3. The Morgan fingerprint density at radius 2 is 1.91 bits per heavy atom. The second kappa shape index (κ2) is 7.62. The zero-order valence-corrected chi connectivity index (χ0v) is 12.5. The van der Waals surface area contributed by atoms with Crippen molar-refractivity contribution in [2.45, 2.75) is 25.9 Å². The van der Waals surface area contributed by atoms with Crippen molar-refractivity contribution in [3.8, 4) is 11.8 Å². The molecule has 2 rings (SSSR count). The molecule has 1 amide bonds. The number of aliphatic hydroxyl groups excluding tert-OH is 1. The third kappa shape index (κ3) is 4.61. The molecule has 1 saturated heterocycles. The van der Waals surface area contributed by atoms with Gasteiger partial charge in [0.2, 0.25) is 0 Å². The fraction of sp³-hybridized carbons (Fsp3) is 0.412. The summed E-state index contributed by atoms with van der Waals surface area (Å²) in [6, 6.07) is 7.02. The number of hydrogen-bond acceptors (Lipinski definition) is 4. The van der Waals surface area contributed by atoms with E-state index in [0.717, 1.165) is 5.56 Å². The van der Waals surface area contributed by atoms with Gasteiger partial charge in [0.05, 0.1) is 6.10 Å². The average Bonchev–Trinajstić information content (AvgIpc) is 2.52. The Kier molecular flexibility index (Phi) is 5.56. The molecule has 0 atom stereocenters. The first-order chi connectivity index (χ1) is 10.6. The van der Waals surface area contributed by atoms with E-state index in [9.17, 15) is 14.7 Å². The number of hydrogen-bond donors (Lipinski definition) is 1. The molecule has 5 nitrogen and oxygen atoms in total. The highest BCUT2D eigenvalue weighted by atomic mass is 16.5. The van der Waals surface area contributed by atoms with Gasteiger partial charge in [-0.2, -0.15) is 0 Å². The Morgan fingerprint density at radius 1 is 1.27 bits per heavy atom. The first kappa shape index (κ1) is 16.1. The Labute approximate surface area is 129 Å². The van der Waals surface area contributed by atoms with Crippen LogP contribution in [0.3, 0.4) is 0 Å². The van der Waals surface area contributed by atoms with Crippen molar-refractivity contribution in [3.63, 3.8) is 0 Å². The molecule has 1 aromatic carbocycles. The number of amides is 1. The van der Waals surface area contributed by atoms with Gasteiger partial charge in [-0.05, 0) is 37.1 Å². The topological polar surface area (TPSA) is 66.8 Å². The number of aliphatic hydroxyl groups is 1. The van der Waals surface area contributed by atoms with Crippen LogP contribution in [-0.2, 0) is 9.53 Å². The average molecular weight is 301 g/mol. The number of likely N-dealkylation sites (tertiary alicyclic amines) is 1. The van der Waals surface area contributed by atoms with E-state index >= 15 is 0 Å². The maximum absolute atomic E-state index is 12.3. The van der Waals surface area contributed by atoms with Gasteiger partial charge in [-0.3, -0.25) is 9.59 Å². The molecule has 1 aliphatic rings. The molecule has 0 aromatic heterocycles. The fourth-order valence-corrected chi connectivity index (χ4v) is 2.22. The molecule has 1 aromatic rings. The normalized spacial score (nSPS) is 14.9. The fourth-order valence-electron chi connectivity index (χ4n) is 2.22. The van der Waals surface area contributed by atoms with Crippen molar-refractivity contribution in [2.75, 3.05) is 19.7 Å². The van der Waals surface area contributed by atoms with E-state index in [-0.39, 0.29) is 24.6 Å². The number of carbonyl (C=O) groups is 2. The van der Waals surface area contributed by atoms with Crippen molar-refractivity contribution in [1.82, 2.24) is 4.90 Å². The molecule has 116 valence electrons.